The third-order valence-electron chi connectivity index (χ3n) is 4.26. The van der Waals surface area contributed by atoms with Crippen LogP contribution in [0.4, 0.5) is 5.95 Å². The standard InChI is InChI=1S/C18H24N5.Ac/c1-14-11-15(2)21-18(20-14)23-9-7-22(8-10-23)13-17-5-3-16(12-19)4-6-17;/h3-6,11,19H,7-10,12-13H2,1-2H3;/q-1;. The van der Waals surface area contributed by atoms with E-state index in [1.807, 2.05) is 19.9 Å². The van der Waals surface area contributed by atoms with Crippen LogP contribution in [0.3, 0.4) is 0 Å². The molecule has 0 aliphatic carbocycles. The Morgan fingerprint density at radius 3 is 2.00 bits per heavy atom. The molecule has 1 aliphatic heterocycles. The fourth-order valence-corrected chi connectivity index (χ4v) is 2.98. The van der Waals surface area contributed by atoms with Gasteiger partial charge in [0, 0.05) is 88.2 Å². The topological polar surface area (TPSA) is 56.1 Å². The summed E-state index contributed by atoms with van der Waals surface area (Å²) in [6.07, 6.45) is 0. The van der Waals surface area contributed by atoms with Gasteiger partial charge in [0.25, 0.3) is 0 Å². The number of hydrogen-bond donors (Lipinski definition) is 0. The van der Waals surface area contributed by atoms with Gasteiger partial charge in [-0.2, -0.15) is 0 Å². The Balaban J connectivity index is 0.00000208. The van der Waals surface area contributed by atoms with E-state index < -0.39 is 0 Å². The smallest absolute Gasteiger partial charge is 0.225 e. The number of piperazine rings is 1. The van der Waals surface area contributed by atoms with Crippen molar-refractivity contribution in [3.63, 3.8) is 0 Å². The van der Waals surface area contributed by atoms with E-state index in [0.717, 1.165) is 55.6 Å². The van der Waals surface area contributed by atoms with Crippen LogP contribution in [0.15, 0.2) is 30.3 Å². The predicted octanol–water partition coefficient (Wildman–Crippen LogP) is 2.97. The van der Waals surface area contributed by atoms with Gasteiger partial charge in [0.2, 0.25) is 5.95 Å². The van der Waals surface area contributed by atoms with Gasteiger partial charge in [-0.1, -0.05) is 29.8 Å². The van der Waals surface area contributed by atoms with Crippen LogP contribution in [0.1, 0.15) is 22.5 Å². The van der Waals surface area contributed by atoms with Crippen LogP contribution in [0.2, 0.25) is 0 Å². The van der Waals surface area contributed by atoms with Crippen molar-refractivity contribution in [2.24, 2.45) is 0 Å². The number of rotatable bonds is 4. The molecule has 5 nitrogen and oxygen atoms in total. The van der Waals surface area contributed by atoms with Crippen LogP contribution >= 0.6 is 0 Å². The maximum Gasteiger partial charge on any atom is 0.225 e. The van der Waals surface area contributed by atoms with Gasteiger partial charge < -0.3 is 10.6 Å². The molecule has 1 saturated heterocycles. The minimum absolute atomic E-state index is 0. The molecule has 24 heavy (non-hydrogen) atoms. The van der Waals surface area contributed by atoms with Gasteiger partial charge in [0.1, 0.15) is 0 Å². The molecule has 0 spiro atoms. The normalized spacial score (nSPS) is 15.2. The summed E-state index contributed by atoms with van der Waals surface area (Å²) >= 11 is 0. The fraction of sp³-hybridized carbons (Fsp3) is 0.444. The fourth-order valence-electron chi connectivity index (χ4n) is 2.98. The number of hydrogen-bond acceptors (Lipinski definition) is 4. The van der Waals surface area contributed by atoms with E-state index in [2.05, 4.69) is 44.0 Å². The predicted molar refractivity (Wildman–Crippen MR) is 93.5 cm³/mol. The summed E-state index contributed by atoms with van der Waals surface area (Å²) in [7, 11) is 0. The summed E-state index contributed by atoms with van der Waals surface area (Å²) in [6.45, 7) is 9.35. The van der Waals surface area contributed by atoms with Crippen molar-refractivity contribution in [1.29, 1.82) is 0 Å². The largest absolute Gasteiger partial charge is 0.674 e. The quantitative estimate of drug-likeness (QED) is 0.602. The van der Waals surface area contributed by atoms with Gasteiger partial charge >= 0.3 is 0 Å². The molecule has 1 radical (unpaired) electrons. The molecule has 125 valence electrons. The second-order valence-corrected chi connectivity index (χ2v) is 6.21. The van der Waals surface area contributed by atoms with Crippen molar-refractivity contribution in [2.75, 3.05) is 31.1 Å². The maximum absolute atomic E-state index is 7.37. The Morgan fingerprint density at radius 1 is 0.917 bits per heavy atom. The van der Waals surface area contributed by atoms with Crippen LogP contribution in [-0.2, 0) is 13.1 Å². The molecule has 1 N–H and O–H groups in total. The van der Waals surface area contributed by atoms with Gasteiger partial charge in [-0.25, -0.2) is 9.97 Å². The molecule has 1 fully saturated rings. The summed E-state index contributed by atoms with van der Waals surface area (Å²) in [6, 6.07) is 10.4. The zero-order chi connectivity index (χ0) is 16.2. The first kappa shape index (κ1) is 19.8. The summed E-state index contributed by atoms with van der Waals surface area (Å²) in [4.78, 5) is 13.9. The van der Waals surface area contributed by atoms with E-state index in [1.54, 1.807) is 0 Å². The molecule has 0 atom stereocenters. The van der Waals surface area contributed by atoms with Crippen LogP contribution in [0.25, 0.3) is 5.73 Å². The van der Waals surface area contributed by atoms with Crippen molar-refractivity contribution in [1.82, 2.24) is 14.9 Å². The average Bonchev–Trinajstić information content (AvgIpc) is 2.55. The van der Waals surface area contributed by atoms with Gasteiger partial charge in [-0.05, 0) is 25.5 Å². The zero-order valence-electron chi connectivity index (χ0n) is 14.5. The van der Waals surface area contributed by atoms with E-state index in [1.165, 1.54) is 5.56 Å². The molecule has 6 heteroatoms. The third-order valence-corrected chi connectivity index (χ3v) is 4.26. The summed E-state index contributed by atoms with van der Waals surface area (Å²) in [5.41, 5.74) is 11.8. The Hall–Kier alpha value is -0.538. The molecule has 3 rings (SSSR count). The van der Waals surface area contributed by atoms with E-state index in [0.29, 0.717) is 6.54 Å². The summed E-state index contributed by atoms with van der Waals surface area (Å²) in [5.74, 6) is 0.863. The van der Waals surface area contributed by atoms with Gasteiger partial charge in [-0.15, -0.1) is 6.54 Å². The Kier molecular flexibility index (Phi) is 7.62. The van der Waals surface area contributed by atoms with Crippen molar-refractivity contribution in [2.45, 2.75) is 26.9 Å². The SMILES string of the molecule is Cc1cc(C)nc(N2CCN(Cc3ccc(C[NH-])cc3)CC2)n1.[Ac]. The van der Waals surface area contributed by atoms with E-state index in [-0.39, 0.29) is 44.1 Å². The molecule has 0 amide bonds. The van der Waals surface area contributed by atoms with Crippen LogP contribution in [-0.4, -0.2) is 41.0 Å². The Bertz CT molecular complexity index is 631. The molecule has 2 heterocycles. The summed E-state index contributed by atoms with van der Waals surface area (Å²) in [5, 5.41) is 0. The Labute approximate surface area is 180 Å². The average molecular weight is 537 g/mol. The maximum atomic E-state index is 7.37. The van der Waals surface area contributed by atoms with E-state index in [4.69, 9.17) is 5.73 Å². The molecule has 0 bridgehead atoms. The van der Waals surface area contributed by atoms with Crippen molar-refractivity contribution >= 4 is 5.95 Å². The summed E-state index contributed by atoms with van der Waals surface area (Å²) < 4.78 is 0. The molecule has 1 aliphatic rings. The van der Waals surface area contributed by atoms with Gasteiger partial charge in [0.05, 0.1) is 0 Å². The minimum Gasteiger partial charge on any atom is -0.674 e. The molecule has 1 aromatic heterocycles. The van der Waals surface area contributed by atoms with Crippen LogP contribution < -0.4 is 4.90 Å². The first-order valence-electron chi connectivity index (χ1n) is 8.16. The van der Waals surface area contributed by atoms with E-state index in [9.17, 15) is 0 Å². The second-order valence-electron chi connectivity index (χ2n) is 6.21. The third kappa shape index (κ3) is 5.23. The first-order chi connectivity index (χ1) is 11.1. The van der Waals surface area contributed by atoms with Gasteiger partial charge in [0.15, 0.2) is 0 Å². The number of anilines is 1. The monoisotopic (exact) mass is 537 g/mol. The number of aromatic nitrogens is 2. The molecular formula is C18H24AcN5-. The number of benzene rings is 1. The zero-order valence-corrected chi connectivity index (χ0v) is 19.2. The molecule has 0 saturated carbocycles. The molecule has 2 aromatic rings. The second kappa shape index (κ2) is 9.24. The van der Waals surface area contributed by atoms with Crippen molar-refractivity contribution in [3.8, 4) is 0 Å². The minimum atomic E-state index is 0. The molecule has 0 unspecified atom stereocenters. The van der Waals surface area contributed by atoms with Crippen molar-refractivity contribution in [3.05, 3.63) is 58.6 Å². The van der Waals surface area contributed by atoms with Crippen LogP contribution in [0.5, 0.6) is 0 Å². The van der Waals surface area contributed by atoms with E-state index >= 15 is 0 Å². The molecule has 1 aromatic carbocycles. The number of aryl methyl sites for hydroxylation is 2. The number of nitrogens with one attached hydrogen (secondary N) is 1. The van der Waals surface area contributed by atoms with Crippen LogP contribution in [0, 0.1) is 57.9 Å². The van der Waals surface area contributed by atoms with Gasteiger partial charge in [-0.3, -0.25) is 4.90 Å². The Morgan fingerprint density at radius 2 is 1.46 bits per heavy atom. The first-order valence-corrected chi connectivity index (χ1v) is 8.16. The molecular weight excluding hydrogens is 513 g/mol. The van der Waals surface area contributed by atoms with Crippen molar-refractivity contribution < 1.29 is 44.1 Å². The number of nitrogens with zero attached hydrogens (tertiary/aromatic N) is 4.